The molecule has 0 bridgehead atoms. The van der Waals surface area contributed by atoms with Crippen molar-refractivity contribution in [3.8, 4) is 28.7 Å². The lowest BCUT2D eigenvalue weighted by Gasteiger charge is -2.06. The molecule has 4 aromatic rings. The molecule has 148 valence electrons. The normalized spacial score (nSPS) is 10.7. The predicted molar refractivity (Wildman–Crippen MR) is 108 cm³/mol. The average molecular weight is 400 g/mol. The van der Waals surface area contributed by atoms with Crippen LogP contribution in [-0.4, -0.2) is 29.9 Å². The number of halogens is 1. The number of aryl methyl sites for hydroxylation is 1. The highest BCUT2D eigenvalue weighted by atomic mass is 19.1. The minimum absolute atomic E-state index is 0.0314. The summed E-state index contributed by atoms with van der Waals surface area (Å²) in [7, 11) is 0. The van der Waals surface area contributed by atoms with Gasteiger partial charge >= 0.3 is 0 Å². The Hall–Kier alpha value is -4.19. The van der Waals surface area contributed by atoms with Gasteiger partial charge in [0.2, 0.25) is 5.95 Å². The van der Waals surface area contributed by atoms with Crippen molar-refractivity contribution in [1.29, 1.82) is 5.26 Å². The Kier molecular flexibility index (Phi) is 5.13. The smallest absolute Gasteiger partial charge is 0.221 e. The van der Waals surface area contributed by atoms with E-state index in [1.807, 2.05) is 31.2 Å². The lowest BCUT2D eigenvalue weighted by Crippen LogP contribution is -2.03. The number of nitrogens with two attached hydrogens (primary N) is 1. The minimum atomic E-state index is -0.658. The molecule has 30 heavy (non-hydrogen) atoms. The molecular formula is C21H17FN8. The van der Waals surface area contributed by atoms with E-state index in [1.54, 1.807) is 23.0 Å². The van der Waals surface area contributed by atoms with Crippen molar-refractivity contribution >= 4 is 5.95 Å². The van der Waals surface area contributed by atoms with Crippen molar-refractivity contribution in [3.05, 3.63) is 71.4 Å². The summed E-state index contributed by atoms with van der Waals surface area (Å²) in [5.74, 6) is -0.689. The number of benzene rings is 1. The van der Waals surface area contributed by atoms with Crippen molar-refractivity contribution in [2.75, 3.05) is 5.73 Å². The molecule has 0 spiro atoms. The van der Waals surface area contributed by atoms with Crippen molar-refractivity contribution in [1.82, 2.24) is 29.9 Å². The molecule has 1 aromatic carbocycles. The summed E-state index contributed by atoms with van der Waals surface area (Å²) in [6, 6.07) is 13.8. The zero-order valence-corrected chi connectivity index (χ0v) is 16.1. The third kappa shape index (κ3) is 3.84. The number of anilines is 1. The minimum Gasteiger partial charge on any atom is -0.368 e. The highest BCUT2D eigenvalue weighted by Gasteiger charge is 2.15. The second-order valence-corrected chi connectivity index (χ2v) is 6.55. The van der Waals surface area contributed by atoms with Crippen molar-refractivity contribution in [2.24, 2.45) is 0 Å². The van der Waals surface area contributed by atoms with Crippen LogP contribution in [0, 0.1) is 17.1 Å². The molecule has 0 aliphatic rings. The zero-order chi connectivity index (χ0) is 21.1. The molecule has 9 heteroatoms. The van der Waals surface area contributed by atoms with Gasteiger partial charge in [-0.05, 0) is 36.8 Å². The van der Waals surface area contributed by atoms with E-state index in [-0.39, 0.29) is 22.8 Å². The fraction of sp³-hybridized carbons (Fsp3) is 0.143. The van der Waals surface area contributed by atoms with Crippen molar-refractivity contribution in [2.45, 2.75) is 19.9 Å². The first kappa shape index (κ1) is 19.1. The highest BCUT2D eigenvalue weighted by Crippen LogP contribution is 2.27. The summed E-state index contributed by atoms with van der Waals surface area (Å²) in [5, 5.41) is 17.3. The zero-order valence-electron chi connectivity index (χ0n) is 16.1. The maximum atomic E-state index is 14.6. The van der Waals surface area contributed by atoms with Gasteiger partial charge in [0.15, 0.2) is 0 Å². The molecule has 0 amide bonds. The van der Waals surface area contributed by atoms with E-state index >= 15 is 0 Å². The summed E-state index contributed by atoms with van der Waals surface area (Å²) < 4.78 is 16.2. The van der Waals surface area contributed by atoms with Gasteiger partial charge in [0, 0.05) is 11.3 Å². The number of aromatic nitrogens is 6. The summed E-state index contributed by atoms with van der Waals surface area (Å²) in [6.07, 6.45) is 2.57. The number of nitrogens with zero attached hydrogens (tertiary/aromatic N) is 7. The van der Waals surface area contributed by atoms with Crippen LogP contribution < -0.4 is 5.73 Å². The van der Waals surface area contributed by atoms with Crippen molar-refractivity contribution in [3.63, 3.8) is 0 Å². The van der Waals surface area contributed by atoms with E-state index in [0.29, 0.717) is 17.9 Å². The Morgan fingerprint density at radius 2 is 1.80 bits per heavy atom. The van der Waals surface area contributed by atoms with Gasteiger partial charge in [-0.1, -0.05) is 24.3 Å². The number of nitriles is 1. The largest absolute Gasteiger partial charge is 0.368 e. The van der Waals surface area contributed by atoms with Gasteiger partial charge in [0.05, 0.1) is 35.4 Å². The van der Waals surface area contributed by atoms with Gasteiger partial charge in [-0.15, -0.1) is 5.10 Å². The molecule has 0 unspecified atom stereocenters. The molecule has 0 radical (unpaired) electrons. The van der Waals surface area contributed by atoms with Crippen LogP contribution in [0.15, 0.2) is 48.7 Å². The molecule has 3 heterocycles. The fourth-order valence-electron chi connectivity index (χ4n) is 3.02. The molecule has 0 aliphatic carbocycles. The second kappa shape index (κ2) is 8.05. The fourth-order valence-corrected chi connectivity index (χ4v) is 3.02. The van der Waals surface area contributed by atoms with E-state index in [1.165, 1.54) is 12.1 Å². The highest BCUT2D eigenvalue weighted by molar-refractivity contribution is 5.68. The van der Waals surface area contributed by atoms with Gasteiger partial charge in [0.1, 0.15) is 17.6 Å². The molecule has 0 fully saturated rings. The molecule has 4 rings (SSSR count). The third-order valence-electron chi connectivity index (χ3n) is 4.49. The van der Waals surface area contributed by atoms with Crippen LogP contribution in [0.4, 0.5) is 10.3 Å². The second-order valence-electron chi connectivity index (χ2n) is 6.55. The molecule has 0 saturated carbocycles. The van der Waals surface area contributed by atoms with E-state index in [2.05, 4.69) is 25.3 Å². The first-order chi connectivity index (χ1) is 14.6. The average Bonchev–Trinajstić information content (AvgIpc) is 3.22. The molecular weight excluding hydrogens is 383 g/mol. The van der Waals surface area contributed by atoms with Crippen LogP contribution in [0.1, 0.15) is 23.9 Å². The molecule has 0 aliphatic heterocycles. The number of hydrogen-bond donors (Lipinski definition) is 1. The number of rotatable bonds is 5. The molecule has 0 atom stereocenters. The summed E-state index contributed by atoms with van der Waals surface area (Å²) in [4.78, 5) is 12.9. The molecule has 8 nitrogen and oxygen atoms in total. The summed E-state index contributed by atoms with van der Waals surface area (Å²) in [5.41, 5.74) is 8.94. The van der Waals surface area contributed by atoms with Gasteiger partial charge in [-0.3, -0.25) is 4.98 Å². The standard InChI is InChI=1S/C21H17FN8/c1-2-14-6-4-7-15(25-14)11-30-12-19(28-29-30)18-9-17(26-21(24)27-18)16-8-3-5-13(10-23)20(16)22/h3-9,12H,2,11H2,1H3,(H2,24,26,27). The first-order valence-electron chi connectivity index (χ1n) is 9.26. The summed E-state index contributed by atoms with van der Waals surface area (Å²) >= 11 is 0. The molecule has 3 aromatic heterocycles. The Bertz CT molecular complexity index is 1260. The number of pyridine rings is 1. The first-order valence-corrected chi connectivity index (χ1v) is 9.26. The Labute approximate surface area is 171 Å². The number of nitrogen functional groups attached to an aromatic ring is 1. The van der Waals surface area contributed by atoms with Crippen molar-refractivity contribution < 1.29 is 4.39 Å². The van der Waals surface area contributed by atoms with Crippen LogP contribution >= 0.6 is 0 Å². The Morgan fingerprint density at radius 3 is 2.60 bits per heavy atom. The van der Waals surface area contributed by atoms with E-state index < -0.39 is 5.82 Å². The topological polar surface area (TPSA) is 119 Å². The quantitative estimate of drug-likeness (QED) is 0.547. The third-order valence-corrected chi connectivity index (χ3v) is 4.49. The van der Waals surface area contributed by atoms with Crippen LogP contribution in [0.25, 0.3) is 22.6 Å². The van der Waals surface area contributed by atoms with Gasteiger partial charge in [0.25, 0.3) is 0 Å². The van der Waals surface area contributed by atoms with E-state index in [4.69, 9.17) is 11.0 Å². The maximum absolute atomic E-state index is 14.6. The summed E-state index contributed by atoms with van der Waals surface area (Å²) in [6.45, 7) is 2.50. The van der Waals surface area contributed by atoms with E-state index in [0.717, 1.165) is 17.8 Å². The maximum Gasteiger partial charge on any atom is 0.221 e. The monoisotopic (exact) mass is 400 g/mol. The lowest BCUT2D eigenvalue weighted by atomic mass is 10.1. The van der Waals surface area contributed by atoms with Gasteiger partial charge in [-0.2, -0.15) is 5.26 Å². The van der Waals surface area contributed by atoms with Crippen LogP contribution in [0.3, 0.4) is 0 Å². The number of hydrogen-bond acceptors (Lipinski definition) is 7. The molecule has 2 N–H and O–H groups in total. The van der Waals surface area contributed by atoms with Crippen LogP contribution in [0.5, 0.6) is 0 Å². The van der Waals surface area contributed by atoms with Crippen LogP contribution in [0.2, 0.25) is 0 Å². The predicted octanol–water partition coefficient (Wildman–Crippen LogP) is 3.00. The molecule has 0 saturated heterocycles. The van der Waals surface area contributed by atoms with Crippen LogP contribution in [-0.2, 0) is 13.0 Å². The SMILES string of the molecule is CCc1cccc(Cn2cc(-c3cc(-c4cccc(C#N)c4F)nc(N)n3)nn2)n1. The Balaban J connectivity index is 1.67. The van der Waals surface area contributed by atoms with Gasteiger partial charge < -0.3 is 5.73 Å². The Morgan fingerprint density at radius 1 is 1.03 bits per heavy atom. The lowest BCUT2D eigenvalue weighted by molar-refractivity contribution is 0.627. The van der Waals surface area contributed by atoms with Gasteiger partial charge in [-0.25, -0.2) is 19.0 Å². The van der Waals surface area contributed by atoms with E-state index in [9.17, 15) is 4.39 Å².